The lowest BCUT2D eigenvalue weighted by molar-refractivity contribution is -0.161. The lowest BCUT2D eigenvalue weighted by Gasteiger charge is -2.21. The van der Waals surface area contributed by atoms with E-state index in [2.05, 4.69) is 41.5 Å². The highest BCUT2D eigenvalue weighted by atomic mass is 31.2. The number of phosphoric acid groups is 2. The fourth-order valence-corrected chi connectivity index (χ4v) is 13.1. The number of ether oxygens (including phenoxy) is 4. The molecule has 3 N–H and O–H groups in total. The van der Waals surface area contributed by atoms with Gasteiger partial charge in [-0.1, -0.05) is 337 Å². The summed E-state index contributed by atoms with van der Waals surface area (Å²) in [5.41, 5.74) is 0. The standard InChI is InChI=1S/C75H146O17P2/c1-7-9-11-13-15-17-18-19-20-21-22-23-26-30-33-36-40-47-53-59-74(79)91-70(63-86-73(78)58-52-46-39-35-32-29-27-24-25-28-31-34-37-43-49-55-67(3)4)65-89-93(81,82)87-61-69(76)62-88-94(83,84)90-66-71(64-85-72(77)57-51-45-38-16-14-12-10-8-2)92-75(80)60-54-48-42-41-44-50-56-68(5)6/h67-71,76H,7-66H2,1-6H3,(H,81,82)(H,83,84)/t69-,70-,71-/m1/s1. The van der Waals surface area contributed by atoms with E-state index in [1.807, 2.05) is 0 Å². The molecule has 0 amide bonds. The van der Waals surface area contributed by atoms with Gasteiger partial charge in [0.25, 0.3) is 0 Å². The van der Waals surface area contributed by atoms with Gasteiger partial charge in [0.1, 0.15) is 19.3 Å². The van der Waals surface area contributed by atoms with Crippen LogP contribution in [-0.2, 0) is 65.4 Å². The van der Waals surface area contributed by atoms with E-state index in [9.17, 15) is 43.2 Å². The topological polar surface area (TPSA) is 237 Å². The molecule has 0 radical (unpaired) electrons. The normalized spacial score (nSPS) is 14.0. The molecule has 558 valence electrons. The Morgan fingerprint density at radius 2 is 0.489 bits per heavy atom. The minimum absolute atomic E-state index is 0.102. The molecule has 0 bridgehead atoms. The summed E-state index contributed by atoms with van der Waals surface area (Å²) in [6.45, 7) is 9.49. The number of esters is 4. The molecule has 0 aliphatic carbocycles. The van der Waals surface area contributed by atoms with Crippen molar-refractivity contribution in [3.8, 4) is 0 Å². The molecule has 0 rings (SSSR count). The van der Waals surface area contributed by atoms with Gasteiger partial charge in [-0.2, -0.15) is 0 Å². The van der Waals surface area contributed by atoms with E-state index < -0.39 is 97.5 Å². The number of aliphatic hydroxyl groups excluding tert-OH is 1. The smallest absolute Gasteiger partial charge is 0.462 e. The molecular formula is C75H146O17P2. The average Bonchev–Trinajstić information content (AvgIpc) is 3.75. The monoisotopic (exact) mass is 1380 g/mol. The van der Waals surface area contributed by atoms with E-state index in [0.717, 1.165) is 102 Å². The summed E-state index contributed by atoms with van der Waals surface area (Å²) in [4.78, 5) is 72.6. The van der Waals surface area contributed by atoms with Crippen molar-refractivity contribution in [3.63, 3.8) is 0 Å². The number of carbonyl (C=O) groups is 4. The first kappa shape index (κ1) is 92.1. The Morgan fingerprint density at radius 1 is 0.287 bits per heavy atom. The Balaban J connectivity index is 5.17. The number of aliphatic hydroxyl groups is 1. The molecule has 0 aromatic rings. The Labute approximate surface area is 575 Å². The van der Waals surface area contributed by atoms with Crippen LogP contribution in [0.4, 0.5) is 0 Å². The highest BCUT2D eigenvalue weighted by Gasteiger charge is 2.30. The van der Waals surface area contributed by atoms with Crippen molar-refractivity contribution in [3.05, 3.63) is 0 Å². The lowest BCUT2D eigenvalue weighted by Crippen LogP contribution is -2.30. The van der Waals surface area contributed by atoms with Crippen LogP contribution >= 0.6 is 15.6 Å². The van der Waals surface area contributed by atoms with Crippen molar-refractivity contribution in [2.24, 2.45) is 11.8 Å². The molecule has 0 spiro atoms. The van der Waals surface area contributed by atoms with Crippen LogP contribution in [-0.4, -0.2) is 96.7 Å². The third-order valence-electron chi connectivity index (χ3n) is 17.5. The minimum Gasteiger partial charge on any atom is -0.462 e. The van der Waals surface area contributed by atoms with Crippen LogP contribution in [0, 0.1) is 11.8 Å². The number of hydrogen-bond donors (Lipinski definition) is 3. The van der Waals surface area contributed by atoms with Gasteiger partial charge in [-0.15, -0.1) is 0 Å². The molecule has 0 aliphatic heterocycles. The molecule has 0 fully saturated rings. The van der Waals surface area contributed by atoms with Crippen molar-refractivity contribution in [1.29, 1.82) is 0 Å². The first-order valence-electron chi connectivity index (χ1n) is 39.0. The Bertz CT molecular complexity index is 1820. The molecule has 2 unspecified atom stereocenters. The van der Waals surface area contributed by atoms with Gasteiger partial charge < -0.3 is 33.8 Å². The minimum atomic E-state index is -4.96. The second-order valence-corrected chi connectivity index (χ2v) is 30.9. The zero-order valence-electron chi connectivity index (χ0n) is 61.3. The van der Waals surface area contributed by atoms with E-state index >= 15 is 0 Å². The van der Waals surface area contributed by atoms with Gasteiger partial charge in [0.15, 0.2) is 12.2 Å². The molecule has 0 aromatic carbocycles. The largest absolute Gasteiger partial charge is 0.472 e. The van der Waals surface area contributed by atoms with Crippen LogP contribution in [0.15, 0.2) is 0 Å². The van der Waals surface area contributed by atoms with E-state index in [1.165, 1.54) is 199 Å². The zero-order valence-corrected chi connectivity index (χ0v) is 63.1. The van der Waals surface area contributed by atoms with Gasteiger partial charge >= 0.3 is 39.5 Å². The van der Waals surface area contributed by atoms with Crippen molar-refractivity contribution in [2.45, 2.75) is 407 Å². The van der Waals surface area contributed by atoms with Gasteiger partial charge in [0, 0.05) is 25.7 Å². The number of unbranched alkanes of at least 4 members (excludes halogenated alkanes) is 44. The molecule has 94 heavy (non-hydrogen) atoms. The maximum absolute atomic E-state index is 13.1. The third-order valence-corrected chi connectivity index (χ3v) is 19.4. The molecule has 19 heteroatoms. The van der Waals surface area contributed by atoms with Gasteiger partial charge in [0.05, 0.1) is 26.4 Å². The first-order chi connectivity index (χ1) is 45.4. The zero-order chi connectivity index (χ0) is 69.3. The maximum atomic E-state index is 13.1. The number of carbonyl (C=O) groups excluding carboxylic acids is 4. The van der Waals surface area contributed by atoms with Gasteiger partial charge in [-0.3, -0.25) is 37.3 Å². The maximum Gasteiger partial charge on any atom is 0.472 e. The van der Waals surface area contributed by atoms with E-state index in [1.54, 1.807) is 0 Å². The van der Waals surface area contributed by atoms with E-state index in [-0.39, 0.29) is 25.7 Å². The van der Waals surface area contributed by atoms with Crippen molar-refractivity contribution < 1.29 is 80.2 Å². The van der Waals surface area contributed by atoms with E-state index in [0.29, 0.717) is 31.6 Å². The third kappa shape index (κ3) is 68.6. The Kier molecular flexibility index (Phi) is 65.5. The molecule has 0 aliphatic rings. The Morgan fingerprint density at radius 3 is 0.723 bits per heavy atom. The van der Waals surface area contributed by atoms with Crippen LogP contribution in [0.5, 0.6) is 0 Å². The fraction of sp³-hybridized carbons (Fsp3) is 0.947. The molecule has 0 saturated heterocycles. The fourth-order valence-electron chi connectivity index (χ4n) is 11.5. The summed E-state index contributed by atoms with van der Waals surface area (Å²) in [5.74, 6) is -0.649. The summed E-state index contributed by atoms with van der Waals surface area (Å²) < 4.78 is 68.3. The number of phosphoric ester groups is 2. The van der Waals surface area contributed by atoms with Crippen LogP contribution < -0.4 is 0 Å². The molecule has 0 aromatic heterocycles. The second-order valence-electron chi connectivity index (χ2n) is 28.0. The molecular weight excluding hydrogens is 1230 g/mol. The predicted molar refractivity (Wildman–Crippen MR) is 381 cm³/mol. The summed E-state index contributed by atoms with van der Waals surface area (Å²) in [7, 11) is -9.90. The first-order valence-corrected chi connectivity index (χ1v) is 42.0. The van der Waals surface area contributed by atoms with Gasteiger partial charge in [-0.25, -0.2) is 9.13 Å². The number of rotatable bonds is 74. The average molecular weight is 1380 g/mol. The van der Waals surface area contributed by atoms with Crippen LogP contribution in [0.1, 0.15) is 388 Å². The van der Waals surface area contributed by atoms with E-state index in [4.69, 9.17) is 37.0 Å². The SMILES string of the molecule is CCCCCCCCCCCCCCCCCCCCCC(=O)O[C@H](COC(=O)CCCCCCCCCCCCCCCCCC(C)C)COP(=O)(O)OC[C@@H](O)COP(=O)(O)OC[C@@H](COC(=O)CCCCCCCCCC)OC(=O)CCCCCCCCC(C)C. The summed E-state index contributed by atoms with van der Waals surface area (Å²) in [6.07, 6.45) is 54.5. The van der Waals surface area contributed by atoms with Crippen LogP contribution in [0.3, 0.4) is 0 Å². The van der Waals surface area contributed by atoms with Crippen molar-refractivity contribution >= 4 is 39.5 Å². The molecule has 0 saturated carbocycles. The highest BCUT2D eigenvalue weighted by Crippen LogP contribution is 2.45. The van der Waals surface area contributed by atoms with Crippen LogP contribution in [0.25, 0.3) is 0 Å². The summed E-state index contributed by atoms with van der Waals surface area (Å²) in [5, 5.41) is 10.6. The van der Waals surface area contributed by atoms with Gasteiger partial charge in [0.2, 0.25) is 0 Å². The molecule has 0 heterocycles. The molecule has 17 nitrogen and oxygen atoms in total. The van der Waals surface area contributed by atoms with Crippen LogP contribution in [0.2, 0.25) is 0 Å². The lowest BCUT2D eigenvalue weighted by atomic mass is 10.0. The van der Waals surface area contributed by atoms with Crippen molar-refractivity contribution in [1.82, 2.24) is 0 Å². The highest BCUT2D eigenvalue weighted by molar-refractivity contribution is 7.47. The van der Waals surface area contributed by atoms with Crippen molar-refractivity contribution in [2.75, 3.05) is 39.6 Å². The quantitative estimate of drug-likeness (QED) is 0.0222. The Hall–Kier alpha value is -1.94. The van der Waals surface area contributed by atoms with Gasteiger partial charge in [-0.05, 0) is 37.5 Å². The number of hydrogen-bond acceptors (Lipinski definition) is 15. The second kappa shape index (κ2) is 66.9. The summed E-state index contributed by atoms with van der Waals surface area (Å²) >= 11 is 0. The molecule has 5 atom stereocenters. The summed E-state index contributed by atoms with van der Waals surface area (Å²) in [6, 6.07) is 0. The predicted octanol–water partition coefficient (Wildman–Crippen LogP) is 21.9.